The second-order valence-electron chi connectivity index (χ2n) is 10.7. The number of fused-ring (bicyclic) bond motifs is 1. The van der Waals surface area contributed by atoms with Crippen molar-refractivity contribution in [1.82, 2.24) is 19.6 Å². The van der Waals surface area contributed by atoms with Crippen molar-refractivity contribution >= 4 is 41.6 Å². The molecular formula is C26H36N5O9PS. The molecule has 0 bridgehead atoms. The molecule has 230 valence electrons. The minimum atomic E-state index is -4.02. The highest BCUT2D eigenvalue weighted by Crippen LogP contribution is 2.47. The first-order valence-electron chi connectivity index (χ1n) is 13.2. The number of carbonyl (C=O) groups is 1. The van der Waals surface area contributed by atoms with E-state index in [-0.39, 0.29) is 47.6 Å². The Morgan fingerprint density at radius 3 is 2.71 bits per heavy atom. The number of nitrogens with zero attached hydrogens (tertiary/aromatic N) is 2. The van der Waals surface area contributed by atoms with Crippen LogP contribution in [0.5, 0.6) is 0 Å². The van der Waals surface area contributed by atoms with Gasteiger partial charge in [0.25, 0.3) is 5.56 Å². The Bertz CT molecular complexity index is 1500. The number of benzene rings is 1. The molecule has 0 saturated carbocycles. The van der Waals surface area contributed by atoms with E-state index >= 15 is 0 Å². The van der Waals surface area contributed by atoms with E-state index in [1.807, 2.05) is 30.3 Å². The van der Waals surface area contributed by atoms with Crippen LogP contribution in [0.2, 0.25) is 0 Å². The Labute approximate surface area is 246 Å². The average Bonchev–Trinajstić information content (AvgIpc) is 3.47. The number of aromatic amines is 1. The van der Waals surface area contributed by atoms with Crippen molar-refractivity contribution in [3.05, 3.63) is 58.5 Å². The fourth-order valence-electron chi connectivity index (χ4n) is 4.26. The Morgan fingerprint density at radius 1 is 1.31 bits per heavy atom. The maximum absolute atomic E-state index is 13.7. The van der Waals surface area contributed by atoms with Gasteiger partial charge < -0.3 is 30.4 Å². The molecule has 1 aliphatic rings. The molecule has 4 rings (SSSR count). The SMILES string of the molecule is CC(C)(CO)C(=O)SCCOP(=O)(NCc1ccccc1)OC[C@H]1O[C@@H](n2ccc3c(=O)[nH]c(N)nc32)[C@@](C)(O)C1O. The van der Waals surface area contributed by atoms with Gasteiger partial charge in [-0.15, -0.1) is 0 Å². The topological polar surface area (TPSA) is 211 Å². The second kappa shape index (κ2) is 13.0. The molecular weight excluding hydrogens is 589 g/mol. The summed E-state index contributed by atoms with van der Waals surface area (Å²) in [6.07, 6.45) is -2.36. The molecule has 1 aliphatic heterocycles. The van der Waals surface area contributed by atoms with Gasteiger partial charge in [-0.1, -0.05) is 42.1 Å². The van der Waals surface area contributed by atoms with Crippen LogP contribution in [0, 0.1) is 5.41 Å². The second-order valence-corrected chi connectivity index (χ2v) is 13.6. The van der Waals surface area contributed by atoms with Crippen LogP contribution in [0.4, 0.5) is 5.95 Å². The first-order chi connectivity index (χ1) is 19.8. The minimum Gasteiger partial charge on any atom is -0.395 e. The molecule has 2 unspecified atom stereocenters. The molecule has 1 saturated heterocycles. The molecule has 14 nitrogen and oxygen atoms in total. The highest BCUT2D eigenvalue weighted by atomic mass is 32.2. The number of anilines is 1. The molecule has 16 heteroatoms. The molecule has 5 atom stereocenters. The van der Waals surface area contributed by atoms with Gasteiger partial charge >= 0.3 is 7.75 Å². The van der Waals surface area contributed by atoms with Gasteiger partial charge in [0.1, 0.15) is 17.8 Å². The maximum Gasteiger partial charge on any atom is 0.405 e. The predicted molar refractivity (Wildman–Crippen MR) is 156 cm³/mol. The number of hydrogen-bond donors (Lipinski definition) is 6. The molecule has 3 heterocycles. The number of aliphatic hydroxyl groups is 3. The van der Waals surface area contributed by atoms with Crippen molar-refractivity contribution in [2.24, 2.45) is 5.41 Å². The fraction of sp³-hybridized carbons (Fsp3) is 0.500. The summed E-state index contributed by atoms with van der Waals surface area (Å²) in [5.74, 6) is 0.0191. The summed E-state index contributed by atoms with van der Waals surface area (Å²) in [5, 5.41) is 34.3. The zero-order valence-corrected chi connectivity index (χ0v) is 25.1. The molecule has 1 aromatic carbocycles. The van der Waals surface area contributed by atoms with Crippen molar-refractivity contribution in [3.63, 3.8) is 0 Å². The van der Waals surface area contributed by atoms with E-state index in [1.54, 1.807) is 13.8 Å². The number of hydrogen-bond acceptors (Lipinski definition) is 12. The lowest BCUT2D eigenvalue weighted by Gasteiger charge is -2.27. The maximum atomic E-state index is 13.7. The molecule has 2 aromatic heterocycles. The lowest BCUT2D eigenvalue weighted by atomic mass is 9.96. The van der Waals surface area contributed by atoms with Crippen LogP contribution >= 0.6 is 19.5 Å². The van der Waals surface area contributed by atoms with Crippen LogP contribution in [0.3, 0.4) is 0 Å². The van der Waals surface area contributed by atoms with Crippen LogP contribution in [-0.2, 0) is 29.7 Å². The first kappa shape index (κ1) is 32.3. The third-order valence-electron chi connectivity index (χ3n) is 6.86. The number of aromatic nitrogens is 3. The number of nitrogens with one attached hydrogen (secondary N) is 2. The van der Waals surface area contributed by atoms with Crippen LogP contribution in [0.1, 0.15) is 32.6 Å². The van der Waals surface area contributed by atoms with Gasteiger partial charge in [0.05, 0.1) is 30.6 Å². The molecule has 42 heavy (non-hydrogen) atoms. The van der Waals surface area contributed by atoms with E-state index in [0.29, 0.717) is 0 Å². The van der Waals surface area contributed by atoms with Crippen LogP contribution in [-0.4, -0.2) is 78.4 Å². The zero-order valence-electron chi connectivity index (χ0n) is 23.4. The monoisotopic (exact) mass is 625 g/mol. The fourth-order valence-corrected chi connectivity index (χ4v) is 6.50. The summed E-state index contributed by atoms with van der Waals surface area (Å²) in [4.78, 5) is 31.1. The molecule has 0 amide bonds. The average molecular weight is 626 g/mol. The largest absolute Gasteiger partial charge is 0.405 e. The Balaban J connectivity index is 1.46. The highest BCUT2D eigenvalue weighted by Gasteiger charge is 2.54. The summed E-state index contributed by atoms with van der Waals surface area (Å²) < 4.78 is 32.3. The number of H-pyrrole nitrogens is 1. The predicted octanol–water partition coefficient (Wildman–Crippen LogP) is 1.53. The minimum absolute atomic E-state index is 0.123. The van der Waals surface area contributed by atoms with Crippen molar-refractivity contribution in [2.45, 2.75) is 51.4 Å². The Morgan fingerprint density at radius 2 is 2.02 bits per heavy atom. The third kappa shape index (κ3) is 7.13. The van der Waals surface area contributed by atoms with Gasteiger partial charge in [-0.3, -0.25) is 23.6 Å². The standard InChI is InChI=1S/C26H36N5O9PS/c1-25(2,15-32)23(35)42-12-11-38-41(37,28-13-16-7-5-4-6-8-16)39-14-18-19(33)26(3,36)22(40-18)31-10-9-17-20(31)29-24(27)30-21(17)34/h4-10,18-19,22,32-33,36H,11-15H2,1-3H3,(H,28,37)(H3,27,29,30,34)/t18-,19?,22-,26+,41?/m1/s1. The number of rotatable bonds is 13. The van der Waals surface area contributed by atoms with Gasteiger partial charge in [0.15, 0.2) is 17.0 Å². The highest BCUT2D eigenvalue weighted by molar-refractivity contribution is 8.13. The van der Waals surface area contributed by atoms with Gasteiger partial charge in [0.2, 0.25) is 5.95 Å². The van der Waals surface area contributed by atoms with Crippen LogP contribution in [0.15, 0.2) is 47.4 Å². The van der Waals surface area contributed by atoms with Crippen LogP contribution in [0.25, 0.3) is 11.0 Å². The summed E-state index contributed by atoms with van der Waals surface area (Å²) in [7, 11) is -4.02. The van der Waals surface area contributed by atoms with E-state index in [2.05, 4.69) is 15.1 Å². The molecule has 0 aliphatic carbocycles. The van der Waals surface area contributed by atoms with Crippen molar-refractivity contribution in [2.75, 3.05) is 31.3 Å². The number of aliphatic hydroxyl groups excluding tert-OH is 2. The Kier molecular flexibility index (Phi) is 9.97. The first-order valence-corrected chi connectivity index (χ1v) is 15.7. The van der Waals surface area contributed by atoms with Gasteiger partial charge in [-0.2, -0.15) is 4.98 Å². The van der Waals surface area contributed by atoms with Gasteiger partial charge in [-0.05, 0) is 32.4 Å². The van der Waals surface area contributed by atoms with Crippen molar-refractivity contribution < 1.29 is 38.5 Å². The third-order valence-corrected chi connectivity index (χ3v) is 9.60. The number of ether oxygens (including phenoxy) is 1. The zero-order chi connectivity index (χ0) is 30.7. The quantitative estimate of drug-likeness (QED) is 0.118. The number of thioether (sulfide) groups is 1. The Hall–Kier alpha value is -2.59. The van der Waals surface area contributed by atoms with Crippen molar-refractivity contribution in [1.29, 1.82) is 0 Å². The molecule has 1 fully saturated rings. The normalized spacial score (nSPS) is 24.2. The van der Waals surface area contributed by atoms with Crippen molar-refractivity contribution in [3.8, 4) is 0 Å². The molecule has 3 aromatic rings. The smallest absolute Gasteiger partial charge is 0.395 e. The van der Waals surface area contributed by atoms with E-state index in [0.717, 1.165) is 17.3 Å². The number of nitrogen functional groups attached to an aromatic ring is 1. The lowest BCUT2D eigenvalue weighted by Crippen LogP contribution is -2.44. The summed E-state index contributed by atoms with van der Waals surface area (Å²) in [5.41, 5.74) is 3.38. The molecule has 0 radical (unpaired) electrons. The lowest BCUT2D eigenvalue weighted by molar-refractivity contribution is -0.119. The molecule has 7 N–H and O–H groups in total. The van der Waals surface area contributed by atoms with E-state index < -0.39 is 49.4 Å². The van der Waals surface area contributed by atoms with Crippen LogP contribution < -0.4 is 16.4 Å². The molecule has 0 spiro atoms. The van der Waals surface area contributed by atoms with E-state index in [1.165, 1.54) is 23.8 Å². The van der Waals surface area contributed by atoms with Gasteiger partial charge in [0, 0.05) is 18.5 Å². The number of nitrogens with two attached hydrogens (primary N) is 1. The van der Waals surface area contributed by atoms with E-state index in [9.17, 15) is 29.5 Å². The van der Waals surface area contributed by atoms with E-state index in [4.69, 9.17) is 19.5 Å². The summed E-state index contributed by atoms with van der Waals surface area (Å²) >= 11 is 0.940. The van der Waals surface area contributed by atoms with Gasteiger partial charge in [-0.25, -0.2) is 9.65 Å². The summed E-state index contributed by atoms with van der Waals surface area (Å²) in [6.45, 7) is 3.85. The summed E-state index contributed by atoms with van der Waals surface area (Å²) in [6, 6.07) is 10.6. The number of carbonyl (C=O) groups excluding carboxylic acids is 1.